The second-order valence-corrected chi connectivity index (χ2v) is 8.38. The summed E-state index contributed by atoms with van der Waals surface area (Å²) in [4.78, 5) is 41.9. The van der Waals surface area contributed by atoms with Crippen molar-refractivity contribution >= 4 is 23.5 Å². The molecule has 1 fully saturated rings. The van der Waals surface area contributed by atoms with Gasteiger partial charge in [0.2, 0.25) is 12.7 Å². The van der Waals surface area contributed by atoms with Gasteiger partial charge in [-0.25, -0.2) is 4.79 Å². The first kappa shape index (κ1) is 20.2. The summed E-state index contributed by atoms with van der Waals surface area (Å²) in [6, 6.07) is 10.0. The lowest BCUT2D eigenvalue weighted by Crippen LogP contribution is -2.61. The number of benzene rings is 2. The molecule has 1 unspecified atom stereocenters. The predicted octanol–water partition coefficient (Wildman–Crippen LogP) is 2.28. The molecule has 1 atom stereocenters. The van der Waals surface area contributed by atoms with Crippen LogP contribution in [-0.4, -0.2) is 66.2 Å². The maximum absolute atomic E-state index is 13.4. The fourth-order valence-electron chi connectivity index (χ4n) is 4.23. The van der Waals surface area contributed by atoms with Crippen molar-refractivity contribution in [1.29, 1.82) is 0 Å². The molecule has 32 heavy (non-hydrogen) atoms. The van der Waals surface area contributed by atoms with Gasteiger partial charge in [0.15, 0.2) is 11.5 Å². The van der Waals surface area contributed by atoms with Gasteiger partial charge in [-0.15, -0.1) is 0 Å². The largest absolute Gasteiger partial charge is 0.454 e. The number of amides is 4. The molecule has 9 nitrogen and oxygen atoms in total. The summed E-state index contributed by atoms with van der Waals surface area (Å²) in [5.41, 5.74) is 2.61. The van der Waals surface area contributed by atoms with Crippen LogP contribution in [0.15, 0.2) is 36.4 Å². The van der Waals surface area contributed by atoms with Gasteiger partial charge in [0, 0.05) is 19.1 Å². The summed E-state index contributed by atoms with van der Waals surface area (Å²) < 4.78 is 10.8. The van der Waals surface area contributed by atoms with E-state index in [0.717, 1.165) is 11.1 Å². The third-order valence-electron chi connectivity index (χ3n) is 5.86. The lowest BCUT2D eigenvalue weighted by atomic mass is 10.0. The molecule has 2 aromatic carbocycles. The van der Waals surface area contributed by atoms with Crippen LogP contribution < -0.4 is 20.1 Å². The van der Waals surface area contributed by atoms with E-state index in [4.69, 9.17) is 9.47 Å². The minimum Gasteiger partial charge on any atom is -0.454 e. The number of nitrogens with zero attached hydrogens (tertiary/aromatic N) is 2. The SMILES string of the molecule is CC(C)NC(=O)N1CCN2C(=O)c3cc(-c4ccc5c(c4)OCO5)ccc3NC(=O)C2C1. The first-order chi connectivity index (χ1) is 15.4. The maximum Gasteiger partial charge on any atom is 0.317 e. The van der Waals surface area contributed by atoms with Gasteiger partial charge in [0.05, 0.1) is 17.8 Å². The van der Waals surface area contributed by atoms with Gasteiger partial charge in [-0.3, -0.25) is 9.59 Å². The molecule has 0 saturated carbocycles. The van der Waals surface area contributed by atoms with Gasteiger partial charge in [-0.2, -0.15) is 0 Å². The van der Waals surface area contributed by atoms with E-state index in [-0.39, 0.29) is 43.8 Å². The maximum atomic E-state index is 13.4. The second kappa shape index (κ2) is 7.74. The van der Waals surface area contributed by atoms with E-state index in [2.05, 4.69) is 10.6 Å². The molecule has 3 aliphatic heterocycles. The minimum absolute atomic E-state index is 0.0102. The third-order valence-corrected chi connectivity index (χ3v) is 5.86. The third kappa shape index (κ3) is 3.49. The molecular weight excluding hydrogens is 412 g/mol. The number of hydrogen-bond acceptors (Lipinski definition) is 5. The average molecular weight is 436 g/mol. The lowest BCUT2D eigenvalue weighted by Gasteiger charge is -2.39. The van der Waals surface area contributed by atoms with Crippen molar-refractivity contribution in [2.45, 2.75) is 25.9 Å². The minimum atomic E-state index is -0.740. The second-order valence-electron chi connectivity index (χ2n) is 8.38. The van der Waals surface area contributed by atoms with Crippen molar-refractivity contribution in [2.24, 2.45) is 0 Å². The highest BCUT2D eigenvalue weighted by atomic mass is 16.7. The van der Waals surface area contributed by atoms with E-state index in [1.54, 1.807) is 21.9 Å². The number of carbonyl (C=O) groups is 3. The zero-order valence-corrected chi connectivity index (χ0v) is 17.9. The molecule has 2 aromatic rings. The van der Waals surface area contributed by atoms with Crippen molar-refractivity contribution in [3.63, 3.8) is 0 Å². The number of fused-ring (bicyclic) bond motifs is 3. The van der Waals surface area contributed by atoms with E-state index in [1.165, 1.54) is 0 Å². The van der Waals surface area contributed by atoms with Crippen LogP contribution in [0.3, 0.4) is 0 Å². The van der Waals surface area contributed by atoms with Crippen molar-refractivity contribution in [1.82, 2.24) is 15.1 Å². The van der Waals surface area contributed by atoms with Crippen LogP contribution in [0.5, 0.6) is 11.5 Å². The predicted molar refractivity (Wildman–Crippen MR) is 117 cm³/mol. The number of piperazine rings is 1. The molecule has 166 valence electrons. The van der Waals surface area contributed by atoms with Gasteiger partial charge in [-0.05, 0) is 49.2 Å². The first-order valence-electron chi connectivity index (χ1n) is 10.6. The highest BCUT2D eigenvalue weighted by Crippen LogP contribution is 2.37. The van der Waals surface area contributed by atoms with Crippen LogP contribution >= 0.6 is 0 Å². The molecule has 9 heteroatoms. The number of anilines is 1. The highest BCUT2D eigenvalue weighted by molar-refractivity contribution is 6.10. The molecule has 3 heterocycles. The van der Waals surface area contributed by atoms with Crippen LogP contribution in [0.2, 0.25) is 0 Å². The number of nitrogens with one attached hydrogen (secondary N) is 2. The molecule has 0 aromatic heterocycles. The molecule has 0 bridgehead atoms. The summed E-state index contributed by atoms with van der Waals surface area (Å²) in [6.45, 7) is 4.76. The van der Waals surface area contributed by atoms with Crippen LogP contribution in [0, 0.1) is 0 Å². The van der Waals surface area contributed by atoms with Gasteiger partial charge in [0.25, 0.3) is 5.91 Å². The molecule has 0 radical (unpaired) electrons. The van der Waals surface area contributed by atoms with Gasteiger partial charge < -0.3 is 29.9 Å². The average Bonchev–Trinajstić information content (AvgIpc) is 3.22. The van der Waals surface area contributed by atoms with E-state index in [9.17, 15) is 14.4 Å². The number of ether oxygens (including phenoxy) is 2. The molecule has 1 saturated heterocycles. The first-order valence-corrected chi connectivity index (χ1v) is 10.6. The van der Waals surface area contributed by atoms with Crippen molar-refractivity contribution in [3.05, 3.63) is 42.0 Å². The van der Waals surface area contributed by atoms with E-state index >= 15 is 0 Å². The quantitative estimate of drug-likeness (QED) is 0.752. The molecular formula is C23H24N4O5. The van der Waals surface area contributed by atoms with Gasteiger partial charge in [-0.1, -0.05) is 12.1 Å². The van der Waals surface area contributed by atoms with Crippen LogP contribution in [0.1, 0.15) is 24.2 Å². The molecule has 4 amide bonds. The molecule has 5 rings (SSSR count). The Bertz CT molecular complexity index is 1120. The Morgan fingerprint density at radius 3 is 2.62 bits per heavy atom. The molecule has 0 spiro atoms. The van der Waals surface area contributed by atoms with Crippen molar-refractivity contribution in [2.75, 3.05) is 31.7 Å². The smallest absolute Gasteiger partial charge is 0.317 e. The number of hydrogen-bond donors (Lipinski definition) is 2. The van der Waals surface area contributed by atoms with E-state index in [1.807, 2.05) is 38.1 Å². The van der Waals surface area contributed by atoms with Crippen LogP contribution in [0.4, 0.5) is 10.5 Å². The van der Waals surface area contributed by atoms with Gasteiger partial charge >= 0.3 is 6.03 Å². The summed E-state index contributed by atoms with van der Waals surface area (Å²) in [6.07, 6.45) is 0. The Morgan fingerprint density at radius 2 is 1.81 bits per heavy atom. The van der Waals surface area contributed by atoms with E-state index in [0.29, 0.717) is 29.3 Å². The fourth-order valence-corrected chi connectivity index (χ4v) is 4.23. The fraction of sp³-hybridized carbons (Fsp3) is 0.348. The van der Waals surface area contributed by atoms with Crippen LogP contribution in [0.25, 0.3) is 11.1 Å². The Hall–Kier alpha value is -3.75. The summed E-state index contributed by atoms with van der Waals surface area (Å²) >= 11 is 0. The Labute approximate surface area is 185 Å². The van der Waals surface area contributed by atoms with Crippen LogP contribution in [-0.2, 0) is 4.79 Å². The van der Waals surface area contributed by atoms with Crippen molar-refractivity contribution < 1.29 is 23.9 Å². The normalized spacial score (nSPS) is 19.3. The zero-order valence-electron chi connectivity index (χ0n) is 17.9. The Morgan fingerprint density at radius 1 is 1.06 bits per heavy atom. The molecule has 2 N–H and O–H groups in total. The standard InChI is InChI=1S/C23H24N4O5/c1-13(2)24-23(30)26-7-8-27-18(11-26)21(28)25-17-5-3-14(9-16(17)22(27)29)15-4-6-19-20(10-15)32-12-31-19/h3-6,9-10,13,18H,7-8,11-12H2,1-2H3,(H,24,30)(H,25,28). The Kier molecular flexibility index (Phi) is 4.88. The summed E-state index contributed by atoms with van der Waals surface area (Å²) in [5, 5.41) is 5.71. The molecule has 0 aliphatic carbocycles. The topological polar surface area (TPSA) is 100 Å². The number of urea groups is 1. The zero-order chi connectivity index (χ0) is 22.4. The van der Waals surface area contributed by atoms with E-state index < -0.39 is 6.04 Å². The number of rotatable bonds is 2. The molecule has 3 aliphatic rings. The monoisotopic (exact) mass is 436 g/mol. The van der Waals surface area contributed by atoms with Crippen molar-refractivity contribution in [3.8, 4) is 22.6 Å². The highest BCUT2D eigenvalue weighted by Gasteiger charge is 2.40. The number of carbonyl (C=O) groups excluding carboxylic acids is 3. The van der Waals surface area contributed by atoms with Gasteiger partial charge in [0.1, 0.15) is 6.04 Å². The summed E-state index contributed by atoms with van der Waals surface area (Å²) in [7, 11) is 0. The lowest BCUT2D eigenvalue weighted by molar-refractivity contribution is -0.121. The summed E-state index contributed by atoms with van der Waals surface area (Å²) in [5.74, 6) is 0.826. The Balaban J connectivity index is 1.43.